The van der Waals surface area contributed by atoms with Gasteiger partial charge in [-0.25, -0.2) is 0 Å². The van der Waals surface area contributed by atoms with Gasteiger partial charge in [-0.05, 0) is 6.92 Å². The molecular weight excluding hydrogens is 166 g/mol. The summed E-state index contributed by atoms with van der Waals surface area (Å²) in [6.07, 6.45) is 0. The topological polar surface area (TPSA) is 73.2 Å². The summed E-state index contributed by atoms with van der Waals surface area (Å²) in [4.78, 5) is 0. The Labute approximate surface area is 66.8 Å². The standard InChI is InChI=1S/C5H11N3O2S/c1-5(4-6)7-11(9,10)8(2)3/h5,7H,1-3H3. The summed E-state index contributed by atoms with van der Waals surface area (Å²) in [5.41, 5.74) is 0. The molecule has 0 heterocycles. The van der Waals surface area contributed by atoms with E-state index in [0.29, 0.717) is 0 Å². The maximum absolute atomic E-state index is 11.0. The predicted octanol–water partition coefficient (Wildman–Crippen LogP) is -0.706. The van der Waals surface area contributed by atoms with Crippen LogP contribution in [0.1, 0.15) is 6.92 Å². The van der Waals surface area contributed by atoms with E-state index >= 15 is 0 Å². The first-order valence-electron chi connectivity index (χ1n) is 2.99. The van der Waals surface area contributed by atoms with Crippen LogP contribution in [-0.4, -0.2) is 32.9 Å². The number of rotatable bonds is 3. The van der Waals surface area contributed by atoms with Crippen molar-refractivity contribution >= 4 is 10.2 Å². The largest absolute Gasteiger partial charge is 0.280 e. The van der Waals surface area contributed by atoms with Crippen LogP contribution in [0.25, 0.3) is 0 Å². The molecule has 0 rings (SSSR count). The summed E-state index contributed by atoms with van der Waals surface area (Å²) in [6.45, 7) is 1.47. The summed E-state index contributed by atoms with van der Waals surface area (Å²) in [6, 6.07) is 1.07. The third-order valence-corrected chi connectivity index (χ3v) is 2.61. The molecule has 64 valence electrons. The van der Waals surface area contributed by atoms with Crippen LogP contribution in [0.15, 0.2) is 0 Å². The second-order valence-electron chi connectivity index (χ2n) is 2.26. The molecule has 0 aliphatic heterocycles. The zero-order chi connectivity index (χ0) is 9.07. The summed E-state index contributed by atoms with van der Waals surface area (Å²) < 4.78 is 25.1. The van der Waals surface area contributed by atoms with Gasteiger partial charge in [-0.1, -0.05) is 0 Å². The number of nitrogens with one attached hydrogen (secondary N) is 1. The van der Waals surface area contributed by atoms with Crippen molar-refractivity contribution in [3.05, 3.63) is 0 Å². The second-order valence-corrected chi connectivity index (χ2v) is 4.17. The molecule has 5 nitrogen and oxygen atoms in total. The fraction of sp³-hybridized carbons (Fsp3) is 0.800. The first-order valence-corrected chi connectivity index (χ1v) is 4.43. The Bertz CT molecular complexity index is 251. The minimum absolute atomic E-state index is 0.692. The maximum Gasteiger partial charge on any atom is 0.280 e. The van der Waals surface area contributed by atoms with E-state index in [1.807, 2.05) is 0 Å². The molecule has 0 aromatic rings. The lowest BCUT2D eigenvalue weighted by Crippen LogP contribution is -2.40. The first kappa shape index (κ1) is 10.4. The van der Waals surface area contributed by atoms with Gasteiger partial charge < -0.3 is 0 Å². The third kappa shape index (κ3) is 3.32. The molecule has 11 heavy (non-hydrogen) atoms. The summed E-state index contributed by atoms with van der Waals surface area (Å²) in [5, 5.41) is 8.28. The van der Waals surface area contributed by atoms with Crippen molar-refractivity contribution in [3.63, 3.8) is 0 Å². The molecule has 0 spiro atoms. The van der Waals surface area contributed by atoms with E-state index in [0.717, 1.165) is 4.31 Å². The Morgan fingerprint density at radius 1 is 1.55 bits per heavy atom. The molecule has 0 bridgehead atoms. The zero-order valence-corrected chi connectivity index (χ0v) is 7.51. The molecule has 0 fully saturated rings. The Hall–Kier alpha value is -0.640. The number of nitrogens with zero attached hydrogens (tertiary/aromatic N) is 2. The average molecular weight is 177 g/mol. The molecule has 1 unspecified atom stereocenters. The SMILES string of the molecule is CC(C#N)NS(=O)(=O)N(C)C. The highest BCUT2D eigenvalue weighted by molar-refractivity contribution is 7.87. The third-order valence-electron chi connectivity index (χ3n) is 1.00. The van der Waals surface area contributed by atoms with Crippen LogP contribution in [0.3, 0.4) is 0 Å². The van der Waals surface area contributed by atoms with E-state index in [2.05, 4.69) is 4.72 Å². The van der Waals surface area contributed by atoms with Crippen LogP contribution in [0.4, 0.5) is 0 Å². The van der Waals surface area contributed by atoms with Gasteiger partial charge in [-0.2, -0.15) is 22.7 Å². The average Bonchev–Trinajstić information content (AvgIpc) is 1.86. The van der Waals surface area contributed by atoms with Crippen molar-refractivity contribution in [1.29, 1.82) is 5.26 Å². The van der Waals surface area contributed by atoms with E-state index < -0.39 is 16.3 Å². The van der Waals surface area contributed by atoms with E-state index in [1.165, 1.54) is 21.0 Å². The Balaban J connectivity index is 4.29. The van der Waals surface area contributed by atoms with Gasteiger partial charge in [0.25, 0.3) is 10.2 Å². The molecule has 0 aliphatic rings. The normalized spacial score (nSPS) is 14.5. The van der Waals surface area contributed by atoms with Gasteiger partial charge in [0.1, 0.15) is 6.04 Å². The summed E-state index contributed by atoms with van der Waals surface area (Å²) in [7, 11) is -0.658. The van der Waals surface area contributed by atoms with E-state index in [-0.39, 0.29) is 0 Å². The number of hydrogen-bond acceptors (Lipinski definition) is 3. The maximum atomic E-state index is 11.0. The van der Waals surface area contributed by atoms with Gasteiger partial charge in [0.05, 0.1) is 6.07 Å². The molecule has 6 heteroatoms. The van der Waals surface area contributed by atoms with Gasteiger partial charge in [-0.15, -0.1) is 0 Å². The Morgan fingerprint density at radius 3 is 2.27 bits per heavy atom. The minimum atomic E-state index is -3.45. The first-order chi connectivity index (χ1) is 4.90. The fourth-order valence-electron chi connectivity index (χ4n) is 0.355. The second kappa shape index (κ2) is 3.67. The monoisotopic (exact) mass is 177 g/mol. The van der Waals surface area contributed by atoms with Crippen molar-refractivity contribution in [2.75, 3.05) is 14.1 Å². The molecular formula is C5H11N3O2S. The Kier molecular flexibility index (Phi) is 3.45. The van der Waals surface area contributed by atoms with Crippen LogP contribution in [0.5, 0.6) is 0 Å². The fourth-order valence-corrected chi connectivity index (χ4v) is 1.07. The lowest BCUT2D eigenvalue weighted by atomic mass is 10.4. The molecule has 0 saturated carbocycles. The van der Waals surface area contributed by atoms with Gasteiger partial charge >= 0.3 is 0 Å². The highest BCUT2D eigenvalue weighted by atomic mass is 32.2. The van der Waals surface area contributed by atoms with Crippen LogP contribution < -0.4 is 4.72 Å². The molecule has 1 N–H and O–H groups in total. The molecule has 0 aromatic heterocycles. The van der Waals surface area contributed by atoms with Gasteiger partial charge in [-0.3, -0.25) is 0 Å². The van der Waals surface area contributed by atoms with Crippen molar-refractivity contribution in [2.45, 2.75) is 13.0 Å². The smallest absolute Gasteiger partial charge is 0.197 e. The summed E-state index contributed by atoms with van der Waals surface area (Å²) >= 11 is 0. The van der Waals surface area contributed by atoms with Crippen molar-refractivity contribution in [3.8, 4) is 6.07 Å². The van der Waals surface area contributed by atoms with Gasteiger partial charge in [0.15, 0.2) is 0 Å². The number of hydrogen-bond donors (Lipinski definition) is 1. The van der Waals surface area contributed by atoms with Crippen molar-refractivity contribution in [2.24, 2.45) is 0 Å². The molecule has 0 aromatic carbocycles. The predicted molar refractivity (Wildman–Crippen MR) is 40.8 cm³/mol. The minimum Gasteiger partial charge on any atom is -0.197 e. The van der Waals surface area contributed by atoms with Crippen molar-refractivity contribution < 1.29 is 8.42 Å². The van der Waals surface area contributed by atoms with E-state index in [4.69, 9.17) is 5.26 Å². The zero-order valence-electron chi connectivity index (χ0n) is 6.70. The van der Waals surface area contributed by atoms with E-state index in [9.17, 15) is 8.42 Å². The molecule has 0 amide bonds. The van der Waals surface area contributed by atoms with Crippen LogP contribution in [0, 0.1) is 11.3 Å². The Morgan fingerprint density at radius 2 is 2.00 bits per heavy atom. The van der Waals surface area contributed by atoms with E-state index in [1.54, 1.807) is 6.07 Å². The van der Waals surface area contributed by atoms with Crippen LogP contribution in [-0.2, 0) is 10.2 Å². The highest BCUT2D eigenvalue weighted by Gasteiger charge is 2.15. The van der Waals surface area contributed by atoms with Crippen LogP contribution in [0.2, 0.25) is 0 Å². The van der Waals surface area contributed by atoms with Crippen LogP contribution >= 0.6 is 0 Å². The highest BCUT2D eigenvalue weighted by Crippen LogP contribution is 1.90. The lowest BCUT2D eigenvalue weighted by molar-refractivity contribution is 0.502. The van der Waals surface area contributed by atoms with Crippen molar-refractivity contribution in [1.82, 2.24) is 9.03 Å². The molecule has 0 aliphatic carbocycles. The van der Waals surface area contributed by atoms with Gasteiger partial charge in [0, 0.05) is 14.1 Å². The molecule has 0 saturated heterocycles. The lowest BCUT2D eigenvalue weighted by Gasteiger charge is -2.12. The molecule has 1 atom stereocenters. The quantitative estimate of drug-likeness (QED) is 0.619. The number of nitriles is 1. The van der Waals surface area contributed by atoms with Gasteiger partial charge in [0.2, 0.25) is 0 Å². The molecule has 0 radical (unpaired) electrons. The summed E-state index contributed by atoms with van der Waals surface area (Å²) in [5.74, 6) is 0.